The quantitative estimate of drug-likeness (QED) is 0.758. The van der Waals surface area contributed by atoms with E-state index >= 15 is 0 Å². The number of para-hydroxylation sites is 1. The zero-order valence-electron chi connectivity index (χ0n) is 10.2. The van der Waals surface area contributed by atoms with Gasteiger partial charge < -0.3 is 15.2 Å². The zero-order valence-corrected chi connectivity index (χ0v) is 11.0. The maximum Gasteiger partial charge on any atom is 0.365 e. The van der Waals surface area contributed by atoms with Crippen molar-refractivity contribution in [2.45, 2.75) is 6.54 Å². The number of thiazole rings is 1. The predicted molar refractivity (Wildman–Crippen MR) is 72.7 cm³/mol. The Morgan fingerprint density at radius 1 is 1.37 bits per heavy atom. The Morgan fingerprint density at radius 3 is 2.84 bits per heavy atom. The summed E-state index contributed by atoms with van der Waals surface area (Å²) < 4.78 is 5.51. The van der Waals surface area contributed by atoms with Crippen molar-refractivity contribution in [3.05, 3.63) is 46.4 Å². The summed E-state index contributed by atoms with van der Waals surface area (Å²) in [6.45, 7) is 1.77. The van der Waals surface area contributed by atoms with Gasteiger partial charge in [-0.2, -0.15) is 0 Å². The maximum absolute atomic E-state index is 10.7. The highest BCUT2D eigenvalue weighted by Gasteiger charge is 2.08. The van der Waals surface area contributed by atoms with Crippen LogP contribution < -0.4 is 10.1 Å². The monoisotopic (exact) mass is 278 g/mol. The van der Waals surface area contributed by atoms with Crippen LogP contribution in [0.2, 0.25) is 0 Å². The third-order valence-corrected chi connectivity index (χ3v) is 3.21. The number of benzene rings is 1. The number of hydrogen-bond donors (Lipinski definition) is 2. The molecule has 0 amide bonds. The molecule has 0 spiro atoms. The van der Waals surface area contributed by atoms with E-state index in [2.05, 4.69) is 10.3 Å². The molecule has 1 aromatic heterocycles. The van der Waals surface area contributed by atoms with E-state index in [0.717, 1.165) is 22.8 Å². The van der Waals surface area contributed by atoms with E-state index in [1.807, 2.05) is 30.3 Å². The van der Waals surface area contributed by atoms with Gasteiger partial charge >= 0.3 is 5.97 Å². The van der Waals surface area contributed by atoms with Crippen LogP contribution in [0.5, 0.6) is 5.75 Å². The molecule has 0 atom stereocenters. The molecule has 0 aliphatic rings. The van der Waals surface area contributed by atoms with Crippen molar-refractivity contribution in [1.82, 2.24) is 10.3 Å². The molecule has 2 N–H and O–H groups in total. The summed E-state index contributed by atoms with van der Waals surface area (Å²) in [4.78, 5) is 14.6. The van der Waals surface area contributed by atoms with Crippen LogP contribution in [0.3, 0.4) is 0 Å². The lowest BCUT2D eigenvalue weighted by Crippen LogP contribution is -2.20. The highest BCUT2D eigenvalue weighted by atomic mass is 32.1. The number of rotatable bonds is 7. The number of nitrogens with one attached hydrogen (secondary N) is 1. The average Bonchev–Trinajstić information content (AvgIpc) is 2.89. The molecule has 2 aromatic rings. The van der Waals surface area contributed by atoms with Crippen molar-refractivity contribution < 1.29 is 14.6 Å². The van der Waals surface area contributed by atoms with Gasteiger partial charge in [-0.1, -0.05) is 18.2 Å². The zero-order chi connectivity index (χ0) is 13.5. The summed E-state index contributed by atoms with van der Waals surface area (Å²) in [6.07, 6.45) is 0. The molecule has 0 aliphatic heterocycles. The van der Waals surface area contributed by atoms with Crippen molar-refractivity contribution in [1.29, 1.82) is 0 Å². The molecule has 0 unspecified atom stereocenters. The van der Waals surface area contributed by atoms with Crippen molar-refractivity contribution in [2.24, 2.45) is 0 Å². The van der Waals surface area contributed by atoms with Gasteiger partial charge in [0.25, 0.3) is 0 Å². The third-order valence-electron chi connectivity index (χ3n) is 2.33. The number of carboxylic acid groups (broad SMARTS) is 1. The normalized spacial score (nSPS) is 10.3. The Bertz CT molecular complexity index is 528. The standard InChI is InChI=1S/C13H14N2O3S/c16-13(17)12-15-10(9-19-12)8-14-6-7-18-11-4-2-1-3-5-11/h1-5,9,14H,6-8H2,(H,16,17). The Labute approximate surface area is 114 Å². The first-order valence-corrected chi connectivity index (χ1v) is 6.70. The number of aromatic carboxylic acids is 1. The second kappa shape index (κ2) is 6.86. The topological polar surface area (TPSA) is 71.5 Å². The van der Waals surface area contributed by atoms with Crippen LogP contribution in [0.4, 0.5) is 0 Å². The molecule has 100 valence electrons. The van der Waals surface area contributed by atoms with E-state index in [1.54, 1.807) is 5.38 Å². The Balaban J connectivity index is 1.65. The van der Waals surface area contributed by atoms with Gasteiger partial charge in [0.1, 0.15) is 12.4 Å². The second-order valence-electron chi connectivity index (χ2n) is 3.79. The lowest BCUT2D eigenvalue weighted by atomic mass is 10.3. The lowest BCUT2D eigenvalue weighted by Gasteiger charge is -2.06. The molecular weight excluding hydrogens is 264 g/mol. The fourth-order valence-electron chi connectivity index (χ4n) is 1.46. The summed E-state index contributed by atoms with van der Waals surface area (Å²) in [5, 5.41) is 13.8. The Morgan fingerprint density at radius 2 is 2.16 bits per heavy atom. The predicted octanol–water partition coefficient (Wildman–Crippen LogP) is 2.01. The lowest BCUT2D eigenvalue weighted by molar-refractivity contribution is 0.0696. The van der Waals surface area contributed by atoms with E-state index in [0.29, 0.717) is 19.7 Å². The van der Waals surface area contributed by atoms with Gasteiger partial charge in [-0.15, -0.1) is 11.3 Å². The van der Waals surface area contributed by atoms with Crippen molar-refractivity contribution in [2.75, 3.05) is 13.2 Å². The molecule has 1 aromatic carbocycles. The van der Waals surface area contributed by atoms with Gasteiger partial charge in [0.2, 0.25) is 5.01 Å². The van der Waals surface area contributed by atoms with Gasteiger partial charge in [-0.3, -0.25) is 0 Å². The van der Waals surface area contributed by atoms with Gasteiger partial charge in [-0.25, -0.2) is 9.78 Å². The van der Waals surface area contributed by atoms with E-state index in [9.17, 15) is 4.79 Å². The summed E-state index contributed by atoms with van der Waals surface area (Å²) in [6, 6.07) is 9.59. The number of aromatic nitrogens is 1. The second-order valence-corrected chi connectivity index (χ2v) is 4.65. The number of hydrogen-bond acceptors (Lipinski definition) is 5. The number of nitrogens with zero attached hydrogens (tertiary/aromatic N) is 1. The van der Waals surface area contributed by atoms with Crippen molar-refractivity contribution in [3.63, 3.8) is 0 Å². The first-order valence-electron chi connectivity index (χ1n) is 5.82. The first kappa shape index (κ1) is 13.5. The number of carbonyl (C=O) groups is 1. The molecule has 0 saturated heterocycles. The fourth-order valence-corrected chi connectivity index (χ4v) is 2.12. The minimum atomic E-state index is -0.983. The largest absolute Gasteiger partial charge is 0.492 e. The fraction of sp³-hybridized carbons (Fsp3) is 0.231. The summed E-state index contributed by atoms with van der Waals surface area (Å²) >= 11 is 1.14. The van der Waals surface area contributed by atoms with E-state index in [1.165, 1.54) is 0 Å². The van der Waals surface area contributed by atoms with Gasteiger partial charge in [0.05, 0.1) is 5.69 Å². The summed E-state index contributed by atoms with van der Waals surface area (Å²) in [5.74, 6) is -0.144. The molecule has 1 heterocycles. The Kier molecular flexibility index (Phi) is 4.88. The highest BCUT2D eigenvalue weighted by Crippen LogP contribution is 2.09. The molecule has 6 heteroatoms. The highest BCUT2D eigenvalue weighted by molar-refractivity contribution is 7.11. The molecule has 19 heavy (non-hydrogen) atoms. The van der Waals surface area contributed by atoms with Gasteiger partial charge in [0, 0.05) is 18.5 Å². The maximum atomic E-state index is 10.7. The molecule has 0 fully saturated rings. The number of carboxylic acids is 1. The third kappa shape index (κ3) is 4.35. The van der Waals surface area contributed by atoms with Crippen LogP contribution in [0.25, 0.3) is 0 Å². The van der Waals surface area contributed by atoms with Crippen molar-refractivity contribution in [3.8, 4) is 5.75 Å². The van der Waals surface area contributed by atoms with Gasteiger partial charge in [0.15, 0.2) is 0 Å². The molecule has 2 rings (SSSR count). The van der Waals surface area contributed by atoms with Crippen LogP contribution in [0, 0.1) is 0 Å². The first-order chi connectivity index (χ1) is 9.25. The smallest absolute Gasteiger partial charge is 0.365 e. The average molecular weight is 278 g/mol. The summed E-state index contributed by atoms with van der Waals surface area (Å²) in [7, 11) is 0. The molecule has 0 aliphatic carbocycles. The van der Waals surface area contributed by atoms with E-state index in [4.69, 9.17) is 9.84 Å². The van der Waals surface area contributed by atoms with E-state index in [-0.39, 0.29) is 5.01 Å². The molecule has 5 nitrogen and oxygen atoms in total. The molecular formula is C13H14N2O3S. The van der Waals surface area contributed by atoms with Crippen LogP contribution in [-0.2, 0) is 6.54 Å². The molecule has 0 radical (unpaired) electrons. The van der Waals surface area contributed by atoms with Crippen LogP contribution in [0.15, 0.2) is 35.7 Å². The van der Waals surface area contributed by atoms with Crippen LogP contribution in [-0.4, -0.2) is 29.2 Å². The minimum absolute atomic E-state index is 0.123. The van der Waals surface area contributed by atoms with Crippen LogP contribution in [0.1, 0.15) is 15.5 Å². The van der Waals surface area contributed by atoms with Gasteiger partial charge in [-0.05, 0) is 12.1 Å². The molecule has 0 bridgehead atoms. The summed E-state index contributed by atoms with van der Waals surface area (Å²) in [5.41, 5.74) is 0.738. The Hall–Kier alpha value is -1.92. The minimum Gasteiger partial charge on any atom is -0.492 e. The SMILES string of the molecule is O=C(O)c1nc(CNCCOc2ccccc2)cs1. The molecule has 0 saturated carbocycles. The van der Waals surface area contributed by atoms with Crippen molar-refractivity contribution >= 4 is 17.3 Å². The number of ether oxygens (including phenoxy) is 1. The van der Waals surface area contributed by atoms with E-state index < -0.39 is 5.97 Å². The van der Waals surface area contributed by atoms with Crippen LogP contribution >= 0.6 is 11.3 Å².